The molecule has 57 valence electrons. The number of carbonyl (C=O) groups is 1. The highest BCUT2D eigenvalue weighted by Crippen LogP contribution is 2.57. The van der Waals surface area contributed by atoms with Gasteiger partial charge in [0.25, 0.3) is 0 Å². The van der Waals surface area contributed by atoms with Crippen LogP contribution >= 0.6 is 0 Å². The molecule has 0 aliphatic heterocycles. The Labute approximate surface area is 54.6 Å². The average molecular weight is 153 g/mol. The lowest BCUT2D eigenvalue weighted by atomic mass is 10.1. The van der Waals surface area contributed by atoms with Gasteiger partial charge in [0.2, 0.25) is 0 Å². The van der Waals surface area contributed by atoms with Crippen molar-refractivity contribution >= 4 is 5.97 Å². The zero-order valence-corrected chi connectivity index (χ0v) is 4.86. The Morgan fingerprint density at radius 3 is 1.70 bits per heavy atom. The van der Waals surface area contributed by atoms with Gasteiger partial charge in [0.15, 0.2) is 5.41 Å². The normalized spacial score (nSPS) is 22.3. The molecule has 0 aromatic rings. The molecule has 0 unspecified atom stereocenters. The highest BCUT2D eigenvalue weighted by molar-refractivity contribution is 5.78. The standard InChI is InChI=1S/C5H4F3O2/c6-5(7,8)4(1-2-4)3(9)10/h1-2H2. The molecule has 1 rings (SSSR count). The molecule has 5 heteroatoms. The summed E-state index contributed by atoms with van der Waals surface area (Å²) in [5.74, 6) is -2.00. The third kappa shape index (κ3) is 0.767. The Kier molecular flexibility index (Phi) is 1.21. The summed E-state index contributed by atoms with van der Waals surface area (Å²) in [7, 11) is 0. The van der Waals surface area contributed by atoms with Crippen molar-refractivity contribution in [1.82, 2.24) is 0 Å². The summed E-state index contributed by atoms with van der Waals surface area (Å²) in [6, 6.07) is 0. The Morgan fingerprint density at radius 2 is 1.70 bits per heavy atom. The van der Waals surface area contributed by atoms with Crippen molar-refractivity contribution in [3.63, 3.8) is 0 Å². The first-order valence-electron chi connectivity index (χ1n) is 2.68. The van der Waals surface area contributed by atoms with Crippen LogP contribution in [0.2, 0.25) is 0 Å². The lowest BCUT2D eigenvalue weighted by Gasteiger charge is -2.11. The van der Waals surface area contributed by atoms with E-state index in [0.717, 1.165) is 0 Å². The van der Waals surface area contributed by atoms with E-state index in [4.69, 9.17) is 0 Å². The van der Waals surface area contributed by atoms with Crippen molar-refractivity contribution < 1.29 is 23.1 Å². The topological polar surface area (TPSA) is 37.0 Å². The minimum atomic E-state index is -4.63. The van der Waals surface area contributed by atoms with Gasteiger partial charge in [-0.15, -0.1) is 0 Å². The molecule has 2 nitrogen and oxygen atoms in total. The molecule has 0 atom stereocenters. The molecule has 10 heavy (non-hydrogen) atoms. The maximum absolute atomic E-state index is 11.7. The van der Waals surface area contributed by atoms with Crippen LogP contribution in [0, 0.1) is 5.41 Å². The quantitative estimate of drug-likeness (QED) is 0.559. The molecular weight excluding hydrogens is 149 g/mol. The predicted molar refractivity (Wildman–Crippen MR) is 23.4 cm³/mol. The molecule has 0 heterocycles. The van der Waals surface area contributed by atoms with Crippen LogP contribution in [0.4, 0.5) is 13.2 Å². The summed E-state index contributed by atoms with van der Waals surface area (Å²) >= 11 is 0. The molecule has 0 amide bonds. The maximum atomic E-state index is 11.7. The van der Waals surface area contributed by atoms with E-state index < -0.39 is 17.6 Å². The van der Waals surface area contributed by atoms with Gasteiger partial charge in [-0.05, 0) is 12.8 Å². The molecule has 0 saturated heterocycles. The largest absolute Gasteiger partial charge is 0.405 e. The average Bonchev–Trinajstić information content (AvgIpc) is 2.36. The molecule has 1 saturated carbocycles. The fourth-order valence-electron chi connectivity index (χ4n) is 0.728. The minimum Gasteiger partial charge on any atom is -0.246 e. The molecule has 0 N–H and O–H groups in total. The summed E-state index contributed by atoms with van der Waals surface area (Å²) in [6.45, 7) is 0. The fourth-order valence-corrected chi connectivity index (χ4v) is 0.728. The second-order valence-electron chi connectivity index (χ2n) is 2.37. The van der Waals surface area contributed by atoms with E-state index in [9.17, 15) is 23.1 Å². The molecule has 0 aromatic heterocycles. The van der Waals surface area contributed by atoms with E-state index in [1.165, 1.54) is 0 Å². The number of alkyl halides is 3. The highest BCUT2D eigenvalue weighted by atomic mass is 19.4. The smallest absolute Gasteiger partial charge is 0.246 e. The van der Waals surface area contributed by atoms with Crippen molar-refractivity contribution in [2.45, 2.75) is 19.0 Å². The van der Waals surface area contributed by atoms with Gasteiger partial charge in [-0.2, -0.15) is 13.2 Å². The van der Waals surface area contributed by atoms with Crippen LogP contribution < -0.4 is 0 Å². The maximum Gasteiger partial charge on any atom is 0.405 e. The van der Waals surface area contributed by atoms with Gasteiger partial charge in [-0.1, -0.05) is 0 Å². The first-order chi connectivity index (χ1) is 4.40. The summed E-state index contributed by atoms with van der Waals surface area (Å²) in [6.07, 6.45) is -5.30. The SMILES string of the molecule is [O]C(=O)C1(C(F)(F)F)CC1. The second-order valence-corrected chi connectivity index (χ2v) is 2.37. The number of carbonyl (C=O) groups excluding carboxylic acids is 1. The van der Waals surface area contributed by atoms with Gasteiger partial charge in [-0.3, -0.25) is 0 Å². The van der Waals surface area contributed by atoms with Crippen LogP contribution in [0.15, 0.2) is 0 Å². The first-order valence-corrected chi connectivity index (χ1v) is 2.68. The number of hydrogen-bond acceptors (Lipinski definition) is 1. The van der Waals surface area contributed by atoms with Crippen LogP contribution in [0.25, 0.3) is 0 Å². The molecule has 0 aromatic carbocycles. The summed E-state index contributed by atoms with van der Waals surface area (Å²) < 4.78 is 35.2. The highest BCUT2D eigenvalue weighted by Gasteiger charge is 2.70. The van der Waals surface area contributed by atoms with E-state index in [0.29, 0.717) is 0 Å². The van der Waals surface area contributed by atoms with Crippen molar-refractivity contribution in [2.24, 2.45) is 5.41 Å². The van der Waals surface area contributed by atoms with Gasteiger partial charge in [0, 0.05) is 0 Å². The number of rotatable bonds is 1. The van der Waals surface area contributed by atoms with Crippen LogP contribution in [0.1, 0.15) is 12.8 Å². The molecule has 1 aliphatic carbocycles. The molecule has 0 bridgehead atoms. The second kappa shape index (κ2) is 1.65. The minimum absolute atomic E-state index is 0.334. The van der Waals surface area contributed by atoms with Crippen molar-refractivity contribution in [3.8, 4) is 0 Å². The molecule has 0 spiro atoms. The van der Waals surface area contributed by atoms with E-state index in [1.807, 2.05) is 0 Å². The van der Waals surface area contributed by atoms with Crippen LogP contribution in [-0.2, 0) is 9.90 Å². The summed E-state index contributed by atoms with van der Waals surface area (Å²) in [5, 5.41) is 9.90. The Morgan fingerprint density at radius 1 is 1.30 bits per heavy atom. The molecule has 1 radical (unpaired) electrons. The van der Waals surface area contributed by atoms with E-state index in [2.05, 4.69) is 0 Å². The first kappa shape index (κ1) is 7.37. The lowest BCUT2D eigenvalue weighted by molar-refractivity contribution is -0.206. The number of hydrogen-bond donors (Lipinski definition) is 0. The fraction of sp³-hybridized carbons (Fsp3) is 0.800. The molecular formula is C5H4F3O2. The van der Waals surface area contributed by atoms with Crippen LogP contribution in [-0.4, -0.2) is 12.1 Å². The zero-order chi connectivity index (χ0) is 7.99. The lowest BCUT2D eigenvalue weighted by Crippen LogP contribution is -2.31. The Hall–Kier alpha value is -0.740. The Balaban J connectivity index is 2.80. The summed E-state index contributed by atoms with van der Waals surface area (Å²) in [5.41, 5.74) is -2.51. The molecule has 1 aliphatic rings. The van der Waals surface area contributed by atoms with Gasteiger partial charge in [0.1, 0.15) is 0 Å². The zero-order valence-electron chi connectivity index (χ0n) is 4.86. The van der Waals surface area contributed by atoms with E-state index >= 15 is 0 Å². The van der Waals surface area contributed by atoms with Crippen molar-refractivity contribution in [3.05, 3.63) is 0 Å². The Bertz CT molecular complexity index is 168. The third-order valence-electron chi connectivity index (χ3n) is 1.68. The van der Waals surface area contributed by atoms with Gasteiger partial charge >= 0.3 is 12.1 Å². The third-order valence-corrected chi connectivity index (χ3v) is 1.68. The van der Waals surface area contributed by atoms with Gasteiger partial charge in [-0.25, -0.2) is 9.90 Å². The monoisotopic (exact) mass is 153 g/mol. The number of halogens is 3. The van der Waals surface area contributed by atoms with Gasteiger partial charge in [0.05, 0.1) is 0 Å². The van der Waals surface area contributed by atoms with E-state index in [-0.39, 0.29) is 12.8 Å². The summed E-state index contributed by atoms with van der Waals surface area (Å²) in [4.78, 5) is 9.90. The van der Waals surface area contributed by atoms with Crippen molar-refractivity contribution in [1.29, 1.82) is 0 Å². The molecule has 1 fully saturated rings. The van der Waals surface area contributed by atoms with Crippen LogP contribution in [0.5, 0.6) is 0 Å². The van der Waals surface area contributed by atoms with Crippen molar-refractivity contribution in [2.75, 3.05) is 0 Å². The predicted octanol–water partition coefficient (Wildman–Crippen LogP) is 1.29. The van der Waals surface area contributed by atoms with Gasteiger partial charge < -0.3 is 0 Å². The van der Waals surface area contributed by atoms with Crippen LogP contribution in [0.3, 0.4) is 0 Å². The van der Waals surface area contributed by atoms with E-state index in [1.54, 1.807) is 0 Å².